The van der Waals surface area contributed by atoms with Gasteiger partial charge >= 0.3 is 6.09 Å². The molecule has 1 amide bonds. The summed E-state index contributed by atoms with van der Waals surface area (Å²) in [6, 6.07) is 14.6. The van der Waals surface area contributed by atoms with Crippen LogP contribution in [-0.4, -0.2) is 36.6 Å². The lowest BCUT2D eigenvalue weighted by atomic mass is 9.98. The minimum Gasteiger partial charge on any atom is -0.449 e. The van der Waals surface area contributed by atoms with Gasteiger partial charge in [-0.05, 0) is 62.1 Å². The highest BCUT2D eigenvalue weighted by Crippen LogP contribution is 2.29. The monoisotopic (exact) mass is 450 g/mol. The number of amides is 1. The van der Waals surface area contributed by atoms with Gasteiger partial charge in [-0.15, -0.1) is 11.3 Å². The van der Waals surface area contributed by atoms with E-state index >= 15 is 0 Å². The molecule has 1 aliphatic rings. The van der Waals surface area contributed by atoms with Gasteiger partial charge in [0.15, 0.2) is 0 Å². The van der Waals surface area contributed by atoms with Crippen molar-refractivity contribution in [3.05, 3.63) is 70.0 Å². The lowest BCUT2D eigenvalue weighted by Crippen LogP contribution is -2.36. The van der Waals surface area contributed by atoms with Crippen LogP contribution in [0.2, 0.25) is 0 Å². The molecule has 0 bridgehead atoms. The molecule has 1 fully saturated rings. The Labute approximate surface area is 191 Å². The summed E-state index contributed by atoms with van der Waals surface area (Å²) in [5, 5.41) is 2.69. The van der Waals surface area contributed by atoms with Crippen molar-refractivity contribution >= 4 is 40.4 Å². The molecular formula is C24H26N4O3S. The Hall–Kier alpha value is -3.39. The molecule has 166 valence electrons. The third kappa shape index (κ3) is 5.08. The van der Waals surface area contributed by atoms with Crippen LogP contribution in [-0.2, 0) is 4.74 Å². The SMILES string of the molecule is Cc1ccc(C(=O)c2cccc(N)c2NC(=O)OCC2CCN(c3ccccn3)CC2)s1. The molecule has 4 rings (SSSR count). The summed E-state index contributed by atoms with van der Waals surface area (Å²) in [5.41, 5.74) is 7.04. The minimum atomic E-state index is -0.605. The molecular weight excluding hydrogens is 424 g/mol. The van der Waals surface area contributed by atoms with Gasteiger partial charge in [0, 0.05) is 29.7 Å². The Balaban J connectivity index is 1.33. The number of nitrogens with zero attached hydrogens (tertiary/aromatic N) is 2. The van der Waals surface area contributed by atoms with E-state index in [0.717, 1.165) is 36.6 Å². The van der Waals surface area contributed by atoms with Crippen molar-refractivity contribution in [1.82, 2.24) is 4.98 Å². The standard InChI is InChI=1S/C24H26N4O3S/c1-16-8-9-20(32-16)23(29)18-5-4-6-19(25)22(18)27-24(30)31-15-17-10-13-28(14-11-17)21-7-2-3-12-26-21/h2-9,12,17H,10-11,13-15,25H2,1H3,(H,27,30). The number of hydrogen-bond donors (Lipinski definition) is 2. The number of carbonyl (C=O) groups excluding carboxylic acids is 2. The highest BCUT2D eigenvalue weighted by atomic mass is 32.1. The van der Waals surface area contributed by atoms with E-state index in [0.29, 0.717) is 28.4 Å². The van der Waals surface area contributed by atoms with Crippen LogP contribution in [0.25, 0.3) is 0 Å². The Morgan fingerprint density at radius 1 is 1.16 bits per heavy atom. The second kappa shape index (κ2) is 9.82. The molecule has 3 aromatic rings. The number of rotatable bonds is 6. The van der Waals surface area contributed by atoms with Gasteiger partial charge in [-0.3, -0.25) is 10.1 Å². The smallest absolute Gasteiger partial charge is 0.411 e. The van der Waals surface area contributed by atoms with Crippen LogP contribution < -0.4 is 16.0 Å². The number of aryl methyl sites for hydroxylation is 1. The molecule has 1 aliphatic heterocycles. The summed E-state index contributed by atoms with van der Waals surface area (Å²) in [6.45, 7) is 4.01. The summed E-state index contributed by atoms with van der Waals surface area (Å²) in [7, 11) is 0. The molecule has 0 spiro atoms. The van der Waals surface area contributed by atoms with Crippen LogP contribution in [0.4, 0.5) is 22.0 Å². The zero-order valence-corrected chi connectivity index (χ0v) is 18.7. The van der Waals surface area contributed by atoms with Gasteiger partial charge in [0.2, 0.25) is 5.78 Å². The predicted octanol–water partition coefficient (Wildman–Crippen LogP) is 4.73. The van der Waals surface area contributed by atoms with E-state index in [9.17, 15) is 9.59 Å². The van der Waals surface area contributed by atoms with Crippen molar-refractivity contribution in [2.24, 2.45) is 5.92 Å². The molecule has 1 aromatic carbocycles. The fourth-order valence-corrected chi connectivity index (χ4v) is 4.61. The molecule has 0 radical (unpaired) electrons. The van der Waals surface area contributed by atoms with Gasteiger partial charge in [0.25, 0.3) is 0 Å². The average molecular weight is 451 g/mol. The second-order valence-electron chi connectivity index (χ2n) is 7.85. The summed E-state index contributed by atoms with van der Waals surface area (Å²) in [5.74, 6) is 1.08. The van der Waals surface area contributed by atoms with Crippen LogP contribution in [0.1, 0.15) is 33.0 Å². The normalized spacial score (nSPS) is 14.2. The van der Waals surface area contributed by atoms with E-state index < -0.39 is 6.09 Å². The summed E-state index contributed by atoms with van der Waals surface area (Å²) in [6.07, 6.45) is 3.02. The van der Waals surface area contributed by atoms with E-state index in [2.05, 4.69) is 15.2 Å². The van der Waals surface area contributed by atoms with Gasteiger partial charge in [0.1, 0.15) is 5.82 Å². The number of hydrogen-bond acceptors (Lipinski definition) is 7. The predicted molar refractivity (Wildman–Crippen MR) is 127 cm³/mol. The number of ether oxygens (including phenoxy) is 1. The second-order valence-corrected chi connectivity index (χ2v) is 9.14. The van der Waals surface area contributed by atoms with Crippen molar-refractivity contribution in [1.29, 1.82) is 0 Å². The van der Waals surface area contributed by atoms with Crippen LogP contribution in [0.15, 0.2) is 54.7 Å². The van der Waals surface area contributed by atoms with Gasteiger partial charge in [-0.25, -0.2) is 9.78 Å². The summed E-state index contributed by atoms with van der Waals surface area (Å²) in [4.78, 5) is 33.7. The minimum absolute atomic E-state index is 0.174. The molecule has 0 unspecified atom stereocenters. The summed E-state index contributed by atoms with van der Waals surface area (Å²) < 4.78 is 5.48. The van der Waals surface area contributed by atoms with Crippen LogP contribution in [0, 0.1) is 12.8 Å². The quantitative estimate of drug-likeness (QED) is 0.416. The van der Waals surface area contributed by atoms with Gasteiger partial charge in [0.05, 0.1) is 22.9 Å². The maximum Gasteiger partial charge on any atom is 0.411 e. The largest absolute Gasteiger partial charge is 0.449 e. The first kappa shape index (κ1) is 21.8. The number of piperidine rings is 1. The molecule has 8 heteroatoms. The number of benzene rings is 1. The van der Waals surface area contributed by atoms with E-state index in [-0.39, 0.29) is 11.7 Å². The number of ketones is 1. The first-order chi connectivity index (χ1) is 15.5. The van der Waals surface area contributed by atoms with Gasteiger partial charge in [-0.2, -0.15) is 0 Å². The lowest BCUT2D eigenvalue weighted by molar-refractivity contribution is 0.104. The number of para-hydroxylation sites is 1. The molecule has 2 aromatic heterocycles. The first-order valence-corrected chi connectivity index (χ1v) is 11.4. The van der Waals surface area contributed by atoms with Crippen molar-refractivity contribution in [3.63, 3.8) is 0 Å². The van der Waals surface area contributed by atoms with Crippen molar-refractivity contribution in [2.75, 3.05) is 35.6 Å². The van der Waals surface area contributed by atoms with E-state index in [4.69, 9.17) is 10.5 Å². The Morgan fingerprint density at radius 3 is 2.66 bits per heavy atom. The van der Waals surface area contributed by atoms with E-state index in [1.54, 1.807) is 30.5 Å². The maximum absolute atomic E-state index is 12.9. The van der Waals surface area contributed by atoms with E-state index in [1.807, 2.05) is 31.2 Å². The topological polar surface area (TPSA) is 97.5 Å². The van der Waals surface area contributed by atoms with Crippen LogP contribution >= 0.6 is 11.3 Å². The maximum atomic E-state index is 12.9. The Kier molecular flexibility index (Phi) is 6.70. The van der Waals surface area contributed by atoms with Crippen molar-refractivity contribution in [3.8, 4) is 0 Å². The number of anilines is 3. The van der Waals surface area contributed by atoms with Crippen LogP contribution in [0.5, 0.6) is 0 Å². The zero-order chi connectivity index (χ0) is 22.5. The molecule has 7 nitrogen and oxygen atoms in total. The molecule has 3 heterocycles. The zero-order valence-electron chi connectivity index (χ0n) is 17.9. The number of thiophene rings is 1. The fourth-order valence-electron chi connectivity index (χ4n) is 3.79. The first-order valence-electron chi connectivity index (χ1n) is 10.6. The number of nitrogens with one attached hydrogen (secondary N) is 1. The third-order valence-electron chi connectivity index (χ3n) is 5.57. The number of nitrogens with two attached hydrogens (primary N) is 1. The average Bonchev–Trinajstić information content (AvgIpc) is 3.26. The molecule has 3 N–H and O–H groups in total. The highest BCUT2D eigenvalue weighted by Gasteiger charge is 2.23. The molecule has 32 heavy (non-hydrogen) atoms. The van der Waals surface area contributed by atoms with Gasteiger partial charge in [-0.1, -0.05) is 12.1 Å². The number of carbonyl (C=O) groups is 2. The van der Waals surface area contributed by atoms with Gasteiger partial charge < -0.3 is 15.4 Å². The Morgan fingerprint density at radius 2 is 1.97 bits per heavy atom. The van der Waals surface area contributed by atoms with E-state index in [1.165, 1.54) is 11.3 Å². The number of aromatic nitrogens is 1. The molecule has 0 atom stereocenters. The molecule has 1 saturated heterocycles. The van der Waals surface area contributed by atoms with Crippen molar-refractivity contribution in [2.45, 2.75) is 19.8 Å². The molecule has 0 saturated carbocycles. The van der Waals surface area contributed by atoms with Crippen molar-refractivity contribution < 1.29 is 14.3 Å². The third-order valence-corrected chi connectivity index (χ3v) is 6.57. The number of pyridine rings is 1. The number of nitrogen functional groups attached to an aromatic ring is 1. The summed E-state index contributed by atoms with van der Waals surface area (Å²) >= 11 is 1.41. The molecule has 0 aliphatic carbocycles. The fraction of sp³-hybridized carbons (Fsp3) is 0.292. The highest BCUT2D eigenvalue weighted by molar-refractivity contribution is 7.14. The lowest BCUT2D eigenvalue weighted by Gasteiger charge is -2.32. The van der Waals surface area contributed by atoms with Crippen LogP contribution in [0.3, 0.4) is 0 Å². The Bertz CT molecular complexity index is 1090.